The highest BCUT2D eigenvalue weighted by atomic mass is 79.9. The Bertz CT molecular complexity index is 1050. The van der Waals surface area contributed by atoms with E-state index in [-0.39, 0.29) is 5.43 Å². The fourth-order valence-corrected chi connectivity index (χ4v) is 3.76. The van der Waals surface area contributed by atoms with Crippen LogP contribution >= 0.6 is 27.5 Å². The minimum Gasteiger partial charge on any atom is -0.491 e. The van der Waals surface area contributed by atoms with Gasteiger partial charge in [0.2, 0.25) is 0 Å². The van der Waals surface area contributed by atoms with Gasteiger partial charge in [-0.2, -0.15) is 0 Å². The van der Waals surface area contributed by atoms with Crippen molar-refractivity contribution in [2.45, 2.75) is 0 Å². The van der Waals surface area contributed by atoms with Crippen LogP contribution in [0.2, 0.25) is 5.02 Å². The van der Waals surface area contributed by atoms with Gasteiger partial charge in [0.1, 0.15) is 18.1 Å². The molecule has 0 bridgehead atoms. The highest BCUT2D eigenvalue weighted by Crippen LogP contribution is 2.34. The Morgan fingerprint density at radius 2 is 1.96 bits per heavy atom. The van der Waals surface area contributed by atoms with Crippen molar-refractivity contribution in [3.8, 4) is 17.1 Å². The normalized spacial score (nSPS) is 15.1. The van der Waals surface area contributed by atoms with Crippen LogP contribution in [0.25, 0.3) is 22.3 Å². The van der Waals surface area contributed by atoms with Gasteiger partial charge in [0.15, 0.2) is 11.0 Å². The summed E-state index contributed by atoms with van der Waals surface area (Å²) in [5.74, 6) is 1.08. The minimum absolute atomic E-state index is 0.138. The first-order valence-corrected chi connectivity index (χ1v) is 10.2. The molecule has 5 nitrogen and oxygen atoms in total. The third-order valence-electron chi connectivity index (χ3n) is 4.68. The molecule has 1 saturated heterocycles. The molecule has 2 aromatic carbocycles. The summed E-state index contributed by atoms with van der Waals surface area (Å²) in [6.45, 7) is 4.67. The molecule has 0 amide bonds. The van der Waals surface area contributed by atoms with E-state index in [1.54, 1.807) is 18.2 Å². The van der Waals surface area contributed by atoms with Gasteiger partial charge in [-0.05, 0) is 30.3 Å². The van der Waals surface area contributed by atoms with Gasteiger partial charge >= 0.3 is 0 Å². The van der Waals surface area contributed by atoms with Crippen LogP contribution in [-0.2, 0) is 4.74 Å². The first-order chi connectivity index (χ1) is 13.6. The van der Waals surface area contributed by atoms with Crippen LogP contribution in [0, 0.1) is 0 Å². The monoisotopic (exact) mass is 463 g/mol. The van der Waals surface area contributed by atoms with Gasteiger partial charge in [-0.3, -0.25) is 9.69 Å². The van der Waals surface area contributed by atoms with E-state index in [2.05, 4.69) is 20.8 Å². The number of fused-ring (bicyclic) bond motifs is 1. The lowest BCUT2D eigenvalue weighted by Crippen LogP contribution is -2.38. The van der Waals surface area contributed by atoms with E-state index >= 15 is 0 Å². The highest BCUT2D eigenvalue weighted by Gasteiger charge is 2.15. The average Bonchev–Trinajstić information content (AvgIpc) is 2.70. The largest absolute Gasteiger partial charge is 0.491 e. The molecule has 4 rings (SSSR count). The maximum atomic E-state index is 12.5. The summed E-state index contributed by atoms with van der Waals surface area (Å²) in [7, 11) is 0. The van der Waals surface area contributed by atoms with Crippen LogP contribution in [0.1, 0.15) is 0 Å². The molecule has 1 aliphatic heterocycles. The van der Waals surface area contributed by atoms with Crippen LogP contribution in [0.4, 0.5) is 0 Å². The molecule has 0 radical (unpaired) electrons. The summed E-state index contributed by atoms with van der Waals surface area (Å²) < 4.78 is 18.3. The molecule has 0 unspecified atom stereocenters. The molecular formula is C21H19BrClNO4. The quantitative estimate of drug-likeness (QED) is 0.553. The number of morpholine rings is 1. The lowest BCUT2D eigenvalue weighted by atomic mass is 10.1. The van der Waals surface area contributed by atoms with E-state index in [0.717, 1.165) is 37.3 Å². The zero-order valence-electron chi connectivity index (χ0n) is 15.1. The van der Waals surface area contributed by atoms with E-state index in [0.29, 0.717) is 39.7 Å². The maximum Gasteiger partial charge on any atom is 0.193 e. The number of hydrogen-bond acceptors (Lipinski definition) is 5. The van der Waals surface area contributed by atoms with Gasteiger partial charge in [0.25, 0.3) is 0 Å². The van der Waals surface area contributed by atoms with E-state index in [9.17, 15) is 4.79 Å². The van der Waals surface area contributed by atoms with Crippen molar-refractivity contribution in [3.63, 3.8) is 0 Å². The lowest BCUT2D eigenvalue weighted by molar-refractivity contribution is 0.0323. The number of rotatable bonds is 5. The third kappa shape index (κ3) is 4.25. The second-order valence-corrected chi connectivity index (χ2v) is 7.86. The van der Waals surface area contributed by atoms with Crippen molar-refractivity contribution >= 4 is 38.5 Å². The summed E-state index contributed by atoms with van der Waals surface area (Å²) >= 11 is 9.72. The zero-order valence-corrected chi connectivity index (χ0v) is 17.5. The summed E-state index contributed by atoms with van der Waals surface area (Å²) in [6, 6.07) is 12.3. The first-order valence-electron chi connectivity index (χ1n) is 9.07. The molecule has 0 spiro atoms. The number of benzene rings is 2. The van der Waals surface area contributed by atoms with Gasteiger partial charge in [0.05, 0.1) is 29.2 Å². The van der Waals surface area contributed by atoms with Gasteiger partial charge in [-0.15, -0.1) is 0 Å². The SMILES string of the molecule is O=c1cc(-c2ccc(Br)cc2OCCN2CCOCC2)oc2c(Cl)cccc12. The molecule has 3 aromatic rings. The molecule has 1 fully saturated rings. The van der Waals surface area contributed by atoms with Crippen LogP contribution in [0.15, 0.2) is 56.1 Å². The molecule has 146 valence electrons. The number of nitrogens with zero attached hydrogens (tertiary/aromatic N) is 1. The minimum atomic E-state index is -0.138. The third-order valence-corrected chi connectivity index (χ3v) is 5.48. The van der Waals surface area contributed by atoms with E-state index in [1.807, 2.05) is 18.2 Å². The van der Waals surface area contributed by atoms with Crippen LogP contribution < -0.4 is 10.2 Å². The number of para-hydroxylation sites is 1. The Labute approximate surface area is 175 Å². The Hall–Kier alpha value is -1.86. The van der Waals surface area contributed by atoms with Gasteiger partial charge in [-0.1, -0.05) is 33.6 Å². The predicted octanol–water partition coefficient (Wildman–Crippen LogP) is 4.59. The van der Waals surface area contributed by atoms with Crippen molar-refractivity contribution in [2.24, 2.45) is 0 Å². The molecular weight excluding hydrogens is 446 g/mol. The summed E-state index contributed by atoms with van der Waals surface area (Å²) in [5.41, 5.74) is 0.957. The Balaban J connectivity index is 1.63. The van der Waals surface area contributed by atoms with Crippen molar-refractivity contribution in [2.75, 3.05) is 39.5 Å². The number of halogens is 2. The molecule has 0 atom stereocenters. The molecule has 2 heterocycles. The lowest BCUT2D eigenvalue weighted by Gasteiger charge is -2.26. The number of hydrogen-bond donors (Lipinski definition) is 0. The van der Waals surface area contributed by atoms with Crippen molar-refractivity contribution in [1.29, 1.82) is 0 Å². The molecule has 1 aromatic heterocycles. The van der Waals surface area contributed by atoms with Gasteiger partial charge < -0.3 is 13.9 Å². The van der Waals surface area contributed by atoms with Crippen molar-refractivity contribution in [3.05, 3.63) is 62.2 Å². The summed E-state index contributed by atoms with van der Waals surface area (Å²) in [5, 5.41) is 0.867. The maximum absolute atomic E-state index is 12.5. The standard InChI is InChI=1S/C21H19BrClNO4/c22-14-4-5-16(19(12-14)27-11-8-24-6-9-26-10-7-24)20-13-18(25)15-2-1-3-17(23)21(15)28-20/h1-5,12-13H,6-11H2. The Morgan fingerprint density at radius 1 is 1.14 bits per heavy atom. The van der Waals surface area contributed by atoms with Crippen molar-refractivity contribution < 1.29 is 13.9 Å². The van der Waals surface area contributed by atoms with Crippen molar-refractivity contribution in [1.82, 2.24) is 4.90 Å². The van der Waals surface area contributed by atoms with Gasteiger partial charge in [-0.25, -0.2) is 0 Å². The van der Waals surface area contributed by atoms with Crippen LogP contribution in [0.3, 0.4) is 0 Å². The molecule has 0 N–H and O–H groups in total. The highest BCUT2D eigenvalue weighted by molar-refractivity contribution is 9.10. The Morgan fingerprint density at radius 3 is 2.79 bits per heavy atom. The molecule has 1 aliphatic rings. The smallest absolute Gasteiger partial charge is 0.193 e. The second-order valence-electron chi connectivity index (χ2n) is 6.53. The fourth-order valence-electron chi connectivity index (χ4n) is 3.20. The topological polar surface area (TPSA) is 51.9 Å². The van der Waals surface area contributed by atoms with E-state index in [4.69, 9.17) is 25.5 Å². The average molecular weight is 465 g/mol. The summed E-state index contributed by atoms with van der Waals surface area (Å²) in [6.07, 6.45) is 0. The van der Waals surface area contributed by atoms with Gasteiger partial charge in [0, 0.05) is 30.2 Å². The molecule has 28 heavy (non-hydrogen) atoms. The summed E-state index contributed by atoms with van der Waals surface area (Å²) in [4.78, 5) is 14.8. The van der Waals surface area contributed by atoms with Crippen LogP contribution in [0.5, 0.6) is 5.75 Å². The molecule has 0 saturated carbocycles. The molecule has 7 heteroatoms. The van der Waals surface area contributed by atoms with E-state index in [1.165, 1.54) is 6.07 Å². The fraction of sp³-hybridized carbons (Fsp3) is 0.286. The van der Waals surface area contributed by atoms with E-state index < -0.39 is 0 Å². The van der Waals surface area contributed by atoms with Crippen LogP contribution in [-0.4, -0.2) is 44.4 Å². The zero-order chi connectivity index (χ0) is 19.5. The Kier molecular flexibility index (Phi) is 6.01. The second kappa shape index (κ2) is 8.66. The molecule has 0 aliphatic carbocycles. The number of ether oxygens (including phenoxy) is 2. The first kappa shape index (κ1) is 19.5. The predicted molar refractivity (Wildman–Crippen MR) is 113 cm³/mol.